The average molecular weight is 243 g/mol. The van der Waals surface area contributed by atoms with Gasteiger partial charge in [-0.2, -0.15) is 11.8 Å². The van der Waals surface area contributed by atoms with E-state index in [-0.39, 0.29) is 0 Å². The van der Waals surface area contributed by atoms with Crippen LogP contribution >= 0.6 is 11.8 Å². The predicted molar refractivity (Wildman–Crippen MR) is 72.2 cm³/mol. The summed E-state index contributed by atoms with van der Waals surface area (Å²) >= 11 is 2.02. The van der Waals surface area contributed by atoms with Crippen molar-refractivity contribution in [3.8, 4) is 0 Å². The van der Waals surface area contributed by atoms with Gasteiger partial charge in [0.2, 0.25) is 0 Å². The Morgan fingerprint density at radius 2 is 2.19 bits per heavy atom. The number of hydrogen-bond donors (Lipinski definition) is 1. The Balaban J connectivity index is 1.92. The van der Waals surface area contributed by atoms with Gasteiger partial charge in [-0.15, -0.1) is 0 Å². The maximum Gasteiger partial charge on any atom is 0.0352 e. The van der Waals surface area contributed by atoms with Gasteiger partial charge in [0.15, 0.2) is 0 Å². The summed E-state index contributed by atoms with van der Waals surface area (Å²) in [6, 6.07) is 1.49. The van der Waals surface area contributed by atoms with Gasteiger partial charge in [-0.1, -0.05) is 0 Å². The fourth-order valence-electron chi connectivity index (χ4n) is 3.03. The van der Waals surface area contributed by atoms with Crippen molar-refractivity contribution in [3.63, 3.8) is 0 Å². The molecule has 1 N–H and O–H groups in total. The van der Waals surface area contributed by atoms with Crippen molar-refractivity contribution in [2.45, 2.75) is 30.2 Å². The number of thioether (sulfide) groups is 1. The first-order valence-electron chi connectivity index (χ1n) is 6.36. The first-order valence-corrected chi connectivity index (χ1v) is 7.65. The molecule has 2 aliphatic heterocycles. The third kappa shape index (κ3) is 2.73. The average Bonchev–Trinajstić information content (AvgIpc) is 2.76. The number of rotatable bonds is 3. The highest BCUT2D eigenvalue weighted by molar-refractivity contribution is 7.99. The molecule has 0 bridgehead atoms. The summed E-state index contributed by atoms with van der Waals surface area (Å²) in [6.07, 6.45) is 4.97. The summed E-state index contributed by atoms with van der Waals surface area (Å²) in [5, 5.41) is 4.30. The third-order valence-electron chi connectivity index (χ3n) is 4.13. The molecule has 0 aromatic heterocycles. The fraction of sp³-hybridized carbons (Fsp3) is 1.00. The van der Waals surface area contributed by atoms with E-state index in [0.29, 0.717) is 0 Å². The van der Waals surface area contributed by atoms with Crippen LogP contribution in [0.3, 0.4) is 0 Å². The Morgan fingerprint density at radius 3 is 2.88 bits per heavy atom. The smallest absolute Gasteiger partial charge is 0.0352 e. The molecule has 2 fully saturated rings. The van der Waals surface area contributed by atoms with Crippen LogP contribution in [-0.2, 0) is 0 Å². The van der Waals surface area contributed by atoms with Crippen LogP contribution in [0.15, 0.2) is 0 Å². The van der Waals surface area contributed by atoms with E-state index < -0.39 is 0 Å². The lowest BCUT2D eigenvalue weighted by atomic mass is 10.0. The predicted octanol–water partition coefficient (Wildman–Crippen LogP) is 0.716. The minimum Gasteiger partial charge on any atom is -0.314 e. The molecule has 2 rings (SSSR count). The molecule has 0 saturated carbocycles. The molecule has 0 radical (unpaired) electrons. The Kier molecular flexibility index (Phi) is 4.53. The van der Waals surface area contributed by atoms with Crippen molar-refractivity contribution in [3.05, 3.63) is 0 Å². The molecular weight excluding hydrogens is 218 g/mol. The summed E-state index contributed by atoms with van der Waals surface area (Å²) in [6.45, 7) is 4.87. The summed E-state index contributed by atoms with van der Waals surface area (Å²) in [4.78, 5) is 5.11. The molecule has 0 aromatic rings. The zero-order valence-electron chi connectivity index (χ0n) is 10.8. The van der Waals surface area contributed by atoms with Crippen molar-refractivity contribution in [2.75, 3.05) is 46.5 Å². The van der Waals surface area contributed by atoms with Gasteiger partial charge in [-0.05, 0) is 39.7 Å². The van der Waals surface area contributed by atoms with E-state index in [2.05, 4.69) is 35.5 Å². The Morgan fingerprint density at radius 1 is 1.38 bits per heavy atom. The number of likely N-dealkylation sites (N-methyl/N-ethyl adjacent to an activating group) is 2. The molecule has 16 heavy (non-hydrogen) atoms. The highest BCUT2D eigenvalue weighted by Gasteiger charge is 2.33. The first-order chi connectivity index (χ1) is 7.72. The second-order valence-electron chi connectivity index (χ2n) is 5.22. The van der Waals surface area contributed by atoms with Crippen molar-refractivity contribution < 1.29 is 0 Å². The monoisotopic (exact) mass is 243 g/mol. The number of nitrogens with one attached hydrogen (secondary N) is 1. The Labute approximate surface area is 104 Å². The van der Waals surface area contributed by atoms with E-state index in [1.165, 1.54) is 39.0 Å². The topological polar surface area (TPSA) is 18.5 Å². The molecule has 0 spiro atoms. The van der Waals surface area contributed by atoms with E-state index in [9.17, 15) is 0 Å². The SMILES string of the molecule is CSC1CNCC1N(C)C1CCCN(C)C1. The van der Waals surface area contributed by atoms with Crippen LogP contribution in [0.5, 0.6) is 0 Å². The lowest BCUT2D eigenvalue weighted by Crippen LogP contribution is -2.51. The highest BCUT2D eigenvalue weighted by atomic mass is 32.2. The zero-order chi connectivity index (χ0) is 11.5. The third-order valence-corrected chi connectivity index (χ3v) is 5.22. The van der Waals surface area contributed by atoms with Gasteiger partial charge in [0.1, 0.15) is 0 Å². The molecule has 2 heterocycles. The summed E-state index contributed by atoms with van der Waals surface area (Å²) < 4.78 is 0. The molecule has 3 nitrogen and oxygen atoms in total. The minimum absolute atomic E-state index is 0.728. The Hall–Kier alpha value is 0.230. The van der Waals surface area contributed by atoms with E-state index in [4.69, 9.17) is 0 Å². The lowest BCUT2D eigenvalue weighted by molar-refractivity contribution is 0.107. The second kappa shape index (κ2) is 5.71. The van der Waals surface area contributed by atoms with Crippen LogP contribution < -0.4 is 5.32 Å². The molecular formula is C12H25N3S. The minimum atomic E-state index is 0.728. The van der Waals surface area contributed by atoms with Crippen molar-refractivity contribution in [2.24, 2.45) is 0 Å². The molecule has 2 saturated heterocycles. The van der Waals surface area contributed by atoms with E-state index in [1.807, 2.05) is 11.8 Å². The first kappa shape index (κ1) is 12.7. The molecule has 0 amide bonds. The molecule has 4 heteroatoms. The van der Waals surface area contributed by atoms with E-state index in [0.717, 1.165) is 17.3 Å². The zero-order valence-corrected chi connectivity index (χ0v) is 11.6. The van der Waals surface area contributed by atoms with Crippen LogP contribution in [0, 0.1) is 0 Å². The molecule has 3 unspecified atom stereocenters. The van der Waals surface area contributed by atoms with Crippen LogP contribution in [0.4, 0.5) is 0 Å². The maximum absolute atomic E-state index is 3.53. The van der Waals surface area contributed by atoms with Gasteiger partial charge in [0.25, 0.3) is 0 Å². The van der Waals surface area contributed by atoms with Crippen LogP contribution in [-0.4, -0.2) is 73.7 Å². The maximum atomic E-state index is 3.53. The van der Waals surface area contributed by atoms with Crippen LogP contribution in [0.25, 0.3) is 0 Å². The quantitative estimate of drug-likeness (QED) is 0.787. The highest BCUT2D eigenvalue weighted by Crippen LogP contribution is 2.23. The van der Waals surface area contributed by atoms with Gasteiger partial charge in [0.05, 0.1) is 0 Å². The van der Waals surface area contributed by atoms with Crippen molar-refractivity contribution in [1.29, 1.82) is 0 Å². The number of hydrogen-bond acceptors (Lipinski definition) is 4. The van der Waals surface area contributed by atoms with E-state index >= 15 is 0 Å². The lowest BCUT2D eigenvalue weighted by Gasteiger charge is -2.40. The van der Waals surface area contributed by atoms with Gasteiger partial charge in [0, 0.05) is 37.0 Å². The van der Waals surface area contributed by atoms with Gasteiger partial charge < -0.3 is 10.2 Å². The largest absolute Gasteiger partial charge is 0.314 e. The molecule has 2 aliphatic rings. The Bertz CT molecular complexity index is 224. The van der Waals surface area contributed by atoms with Gasteiger partial charge in [-0.3, -0.25) is 4.90 Å². The summed E-state index contributed by atoms with van der Waals surface area (Å²) in [5.41, 5.74) is 0. The van der Waals surface area contributed by atoms with Crippen molar-refractivity contribution in [1.82, 2.24) is 15.1 Å². The standard InChI is InChI=1S/C12H25N3S/c1-14-6-4-5-10(9-14)15(2)11-7-13-8-12(11)16-3/h10-13H,4-9H2,1-3H3. The van der Waals surface area contributed by atoms with Crippen molar-refractivity contribution >= 4 is 11.8 Å². The molecule has 3 atom stereocenters. The fourth-order valence-corrected chi connectivity index (χ4v) is 3.92. The van der Waals surface area contributed by atoms with E-state index in [1.54, 1.807) is 0 Å². The number of likely N-dealkylation sites (tertiary alicyclic amines) is 1. The number of piperidine rings is 1. The second-order valence-corrected chi connectivity index (χ2v) is 6.30. The van der Waals surface area contributed by atoms with Gasteiger partial charge in [-0.25, -0.2) is 0 Å². The molecule has 0 aromatic carbocycles. The van der Waals surface area contributed by atoms with Gasteiger partial charge >= 0.3 is 0 Å². The normalized spacial score (nSPS) is 37.1. The molecule has 94 valence electrons. The summed E-state index contributed by atoms with van der Waals surface area (Å²) in [7, 11) is 4.57. The number of nitrogens with zero attached hydrogens (tertiary/aromatic N) is 2. The van der Waals surface area contributed by atoms with Crippen LogP contribution in [0.2, 0.25) is 0 Å². The van der Waals surface area contributed by atoms with Crippen LogP contribution in [0.1, 0.15) is 12.8 Å². The summed E-state index contributed by atoms with van der Waals surface area (Å²) in [5.74, 6) is 0. The molecule has 0 aliphatic carbocycles.